The summed E-state index contributed by atoms with van der Waals surface area (Å²) in [5, 5.41) is 12.1. The Hall–Kier alpha value is -1.82. The second-order valence-electron chi connectivity index (χ2n) is 5.61. The molecular weight excluding hydrogens is 236 g/mol. The molecule has 1 aromatic rings. The molecule has 1 amide bonds. The van der Waals surface area contributed by atoms with E-state index in [9.17, 15) is 10.1 Å². The average molecular weight is 256 g/mol. The van der Waals surface area contributed by atoms with E-state index in [1.807, 2.05) is 24.3 Å². The van der Waals surface area contributed by atoms with Crippen molar-refractivity contribution in [3.63, 3.8) is 0 Å². The van der Waals surface area contributed by atoms with Crippen LogP contribution >= 0.6 is 0 Å². The third-order valence-corrected chi connectivity index (χ3v) is 3.79. The Morgan fingerprint density at radius 1 is 1.42 bits per heavy atom. The zero-order valence-corrected chi connectivity index (χ0v) is 11.6. The maximum atomic E-state index is 12.2. The average Bonchev–Trinajstić information content (AvgIpc) is 2.37. The van der Waals surface area contributed by atoms with Gasteiger partial charge in [0.25, 0.3) is 0 Å². The number of benzene rings is 1. The Balaban J connectivity index is 2.01. The van der Waals surface area contributed by atoms with Crippen LogP contribution in [0.15, 0.2) is 24.3 Å². The molecule has 0 spiro atoms. The van der Waals surface area contributed by atoms with Crippen LogP contribution in [-0.4, -0.2) is 5.91 Å². The first-order chi connectivity index (χ1) is 9.09. The number of carbonyl (C=O) groups is 1. The largest absolute Gasteiger partial charge is 0.325 e. The van der Waals surface area contributed by atoms with Gasteiger partial charge in [-0.05, 0) is 42.9 Å². The van der Waals surface area contributed by atoms with E-state index in [2.05, 4.69) is 25.2 Å². The molecule has 100 valence electrons. The third kappa shape index (κ3) is 2.78. The van der Waals surface area contributed by atoms with Crippen LogP contribution in [0.1, 0.15) is 38.7 Å². The highest BCUT2D eigenvalue weighted by Crippen LogP contribution is 2.45. The van der Waals surface area contributed by atoms with E-state index in [1.54, 1.807) is 0 Å². The Labute approximate surface area is 114 Å². The number of anilines is 1. The Kier molecular flexibility index (Phi) is 3.90. The van der Waals surface area contributed by atoms with Crippen molar-refractivity contribution in [2.24, 2.45) is 11.3 Å². The monoisotopic (exact) mass is 256 g/mol. The van der Waals surface area contributed by atoms with Crippen LogP contribution in [0.5, 0.6) is 0 Å². The molecule has 1 saturated carbocycles. The number of hydrogen-bond acceptors (Lipinski definition) is 2. The number of rotatable bonds is 4. The van der Waals surface area contributed by atoms with Crippen molar-refractivity contribution in [1.29, 1.82) is 5.26 Å². The number of nitriles is 1. The van der Waals surface area contributed by atoms with Crippen LogP contribution < -0.4 is 5.32 Å². The number of nitrogens with zero attached hydrogens (tertiary/aromatic N) is 1. The van der Waals surface area contributed by atoms with Crippen molar-refractivity contribution < 1.29 is 4.79 Å². The summed E-state index contributed by atoms with van der Waals surface area (Å²) < 4.78 is 0. The minimum absolute atomic E-state index is 0.156. The molecule has 1 aromatic carbocycles. The summed E-state index contributed by atoms with van der Waals surface area (Å²) in [6, 6.07) is 10.1. The normalized spacial score (nSPS) is 25.2. The molecule has 0 atom stereocenters. The van der Waals surface area contributed by atoms with Gasteiger partial charge in [-0.3, -0.25) is 4.79 Å². The van der Waals surface area contributed by atoms with Gasteiger partial charge >= 0.3 is 0 Å². The fourth-order valence-corrected chi connectivity index (χ4v) is 2.75. The molecule has 0 aromatic heterocycles. The smallest absolute Gasteiger partial charge is 0.244 e. The lowest BCUT2D eigenvalue weighted by molar-refractivity contribution is -0.128. The first kappa shape index (κ1) is 13.6. The van der Waals surface area contributed by atoms with E-state index in [0.29, 0.717) is 18.8 Å². The number of nitrogens with one attached hydrogen (secondary N) is 1. The molecule has 3 nitrogen and oxygen atoms in total. The molecule has 0 aliphatic heterocycles. The van der Waals surface area contributed by atoms with E-state index in [0.717, 1.165) is 18.5 Å². The predicted octanol–water partition coefficient (Wildman–Crippen LogP) is 3.52. The molecule has 0 radical (unpaired) electrons. The first-order valence-corrected chi connectivity index (χ1v) is 6.91. The van der Waals surface area contributed by atoms with Gasteiger partial charge in [-0.25, -0.2) is 0 Å². The second kappa shape index (κ2) is 5.44. The second-order valence-corrected chi connectivity index (χ2v) is 5.61. The van der Waals surface area contributed by atoms with E-state index >= 15 is 0 Å². The number of hydrogen-bond donors (Lipinski definition) is 1. The standard InChI is InChI=1S/C16H20N2O/c1-3-4-13-5-7-14(8-6-13)18-15(19)16(11-17)9-12(2)10-16/h5-8,12H,3-4,9-10H2,1-2H3,(H,18,19). The van der Waals surface area contributed by atoms with Crippen LogP contribution in [0.2, 0.25) is 0 Å². The van der Waals surface area contributed by atoms with Gasteiger partial charge in [0.1, 0.15) is 5.41 Å². The quantitative estimate of drug-likeness (QED) is 0.896. The summed E-state index contributed by atoms with van der Waals surface area (Å²) in [5.41, 5.74) is 1.24. The number of carbonyl (C=O) groups excluding carboxylic acids is 1. The highest BCUT2D eigenvalue weighted by atomic mass is 16.2. The van der Waals surface area contributed by atoms with Crippen molar-refractivity contribution in [1.82, 2.24) is 0 Å². The molecule has 0 bridgehead atoms. The highest BCUT2D eigenvalue weighted by Gasteiger charge is 2.48. The maximum absolute atomic E-state index is 12.2. The summed E-state index contributed by atoms with van der Waals surface area (Å²) in [7, 11) is 0. The van der Waals surface area contributed by atoms with Crippen LogP contribution in [0.4, 0.5) is 5.69 Å². The molecule has 1 fully saturated rings. The van der Waals surface area contributed by atoms with Crippen molar-refractivity contribution in [2.45, 2.75) is 39.5 Å². The summed E-state index contributed by atoms with van der Waals surface area (Å²) in [4.78, 5) is 12.2. The summed E-state index contributed by atoms with van der Waals surface area (Å²) in [5.74, 6) is 0.314. The molecular formula is C16H20N2O. The lowest BCUT2D eigenvalue weighted by atomic mass is 9.63. The topological polar surface area (TPSA) is 52.9 Å². The minimum atomic E-state index is -0.804. The predicted molar refractivity (Wildman–Crippen MR) is 75.5 cm³/mol. The summed E-state index contributed by atoms with van der Waals surface area (Å²) >= 11 is 0. The lowest BCUT2D eigenvalue weighted by Gasteiger charge is -2.39. The van der Waals surface area contributed by atoms with E-state index in [-0.39, 0.29) is 5.91 Å². The van der Waals surface area contributed by atoms with Gasteiger partial charge in [0, 0.05) is 5.69 Å². The van der Waals surface area contributed by atoms with Crippen molar-refractivity contribution in [3.8, 4) is 6.07 Å². The van der Waals surface area contributed by atoms with Gasteiger partial charge in [-0.2, -0.15) is 5.26 Å². The number of amides is 1. The summed E-state index contributed by atoms with van der Waals surface area (Å²) in [6.07, 6.45) is 3.50. The van der Waals surface area contributed by atoms with Gasteiger partial charge in [0.2, 0.25) is 5.91 Å². The van der Waals surface area contributed by atoms with E-state index in [1.165, 1.54) is 5.56 Å². The zero-order chi connectivity index (χ0) is 13.9. The zero-order valence-electron chi connectivity index (χ0n) is 11.6. The van der Waals surface area contributed by atoms with E-state index < -0.39 is 5.41 Å². The van der Waals surface area contributed by atoms with Gasteiger partial charge in [0.05, 0.1) is 6.07 Å². The van der Waals surface area contributed by atoms with Crippen LogP contribution in [0.3, 0.4) is 0 Å². The molecule has 19 heavy (non-hydrogen) atoms. The van der Waals surface area contributed by atoms with Crippen LogP contribution in [-0.2, 0) is 11.2 Å². The highest BCUT2D eigenvalue weighted by molar-refractivity contribution is 5.97. The Morgan fingerprint density at radius 3 is 2.53 bits per heavy atom. The molecule has 3 heteroatoms. The van der Waals surface area contributed by atoms with Crippen molar-refractivity contribution in [2.75, 3.05) is 5.32 Å². The van der Waals surface area contributed by atoms with Crippen LogP contribution in [0, 0.1) is 22.7 Å². The fraction of sp³-hybridized carbons (Fsp3) is 0.500. The van der Waals surface area contributed by atoms with Gasteiger partial charge < -0.3 is 5.32 Å². The molecule has 1 N–H and O–H groups in total. The first-order valence-electron chi connectivity index (χ1n) is 6.91. The van der Waals surface area contributed by atoms with Gasteiger partial charge in [-0.15, -0.1) is 0 Å². The maximum Gasteiger partial charge on any atom is 0.244 e. The van der Waals surface area contributed by atoms with E-state index in [4.69, 9.17) is 0 Å². The summed E-state index contributed by atoms with van der Waals surface area (Å²) in [6.45, 7) is 4.21. The molecule has 0 unspecified atom stereocenters. The SMILES string of the molecule is CCCc1ccc(NC(=O)C2(C#N)CC(C)C2)cc1. The third-order valence-electron chi connectivity index (χ3n) is 3.79. The fourth-order valence-electron chi connectivity index (χ4n) is 2.75. The minimum Gasteiger partial charge on any atom is -0.325 e. The van der Waals surface area contributed by atoms with Crippen molar-refractivity contribution >= 4 is 11.6 Å². The Bertz CT molecular complexity index is 492. The molecule has 1 aliphatic rings. The molecule has 0 heterocycles. The lowest BCUT2D eigenvalue weighted by Crippen LogP contribution is -2.45. The van der Waals surface area contributed by atoms with Gasteiger partial charge in [-0.1, -0.05) is 32.4 Å². The van der Waals surface area contributed by atoms with Gasteiger partial charge in [0.15, 0.2) is 0 Å². The molecule has 1 aliphatic carbocycles. The van der Waals surface area contributed by atoms with Crippen LogP contribution in [0.25, 0.3) is 0 Å². The molecule has 2 rings (SSSR count). The van der Waals surface area contributed by atoms with Crippen molar-refractivity contribution in [3.05, 3.63) is 29.8 Å². The molecule has 0 saturated heterocycles. The Morgan fingerprint density at radius 2 is 2.05 bits per heavy atom. The number of aryl methyl sites for hydroxylation is 1.